The molecule has 3 nitrogen and oxygen atoms in total. The first kappa shape index (κ1) is 19.7. The fraction of sp³-hybridized carbons (Fsp3) is 0.400. The maximum Gasteiger partial charge on any atom is 0.175 e. The number of methoxy groups -OCH3 is 1. The fourth-order valence-corrected chi connectivity index (χ4v) is 3.01. The summed E-state index contributed by atoms with van der Waals surface area (Å²) in [7, 11) is 1.60. The van der Waals surface area contributed by atoms with Crippen molar-refractivity contribution in [3.8, 4) is 11.5 Å². The normalized spacial score (nSPS) is 11.0. The average Bonchev–Trinajstić information content (AvgIpc) is 2.58. The van der Waals surface area contributed by atoms with Crippen LogP contribution in [0.3, 0.4) is 0 Å². The molecule has 0 aliphatic heterocycles. The third-order valence-electron chi connectivity index (χ3n) is 3.85. The maximum atomic E-state index is 13.7. The van der Waals surface area contributed by atoms with Crippen LogP contribution in [0, 0.1) is 11.7 Å². The van der Waals surface area contributed by atoms with Gasteiger partial charge >= 0.3 is 0 Å². The van der Waals surface area contributed by atoms with Gasteiger partial charge in [0.2, 0.25) is 0 Å². The quantitative estimate of drug-likeness (QED) is 0.569. The van der Waals surface area contributed by atoms with Crippen LogP contribution in [0.25, 0.3) is 0 Å². The van der Waals surface area contributed by atoms with Crippen LogP contribution in [0.4, 0.5) is 4.39 Å². The van der Waals surface area contributed by atoms with Crippen molar-refractivity contribution in [2.45, 2.75) is 33.4 Å². The van der Waals surface area contributed by atoms with Crippen molar-refractivity contribution in [3.05, 3.63) is 57.8 Å². The molecule has 0 aliphatic rings. The van der Waals surface area contributed by atoms with Gasteiger partial charge in [-0.25, -0.2) is 4.39 Å². The summed E-state index contributed by atoms with van der Waals surface area (Å²) in [4.78, 5) is 0. The molecule has 0 fully saturated rings. The summed E-state index contributed by atoms with van der Waals surface area (Å²) in [5, 5.41) is 3.43. The first-order chi connectivity index (χ1) is 12.0. The van der Waals surface area contributed by atoms with Gasteiger partial charge in [0.15, 0.2) is 11.5 Å². The van der Waals surface area contributed by atoms with Crippen LogP contribution in [-0.2, 0) is 13.2 Å². The van der Waals surface area contributed by atoms with Crippen LogP contribution in [-0.4, -0.2) is 13.7 Å². The van der Waals surface area contributed by atoms with Crippen LogP contribution in [0.2, 0.25) is 0 Å². The molecule has 0 atom stereocenters. The second kappa shape index (κ2) is 9.78. The number of hydrogen-bond donors (Lipinski definition) is 1. The second-order valence-corrected chi connectivity index (χ2v) is 7.20. The fourth-order valence-electron chi connectivity index (χ4n) is 2.40. The monoisotopic (exact) mass is 409 g/mol. The predicted molar refractivity (Wildman–Crippen MR) is 103 cm³/mol. The van der Waals surface area contributed by atoms with E-state index in [0.29, 0.717) is 23.0 Å². The Balaban J connectivity index is 2.04. The van der Waals surface area contributed by atoms with Gasteiger partial charge in [0.25, 0.3) is 0 Å². The summed E-state index contributed by atoms with van der Waals surface area (Å²) in [6.07, 6.45) is 1.14. The molecule has 0 saturated heterocycles. The molecule has 0 spiro atoms. The molecule has 0 bridgehead atoms. The summed E-state index contributed by atoms with van der Waals surface area (Å²) in [5.41, 5.74) is 1.61. The van der Waals surface area contributed by atoms with E-state index in [-0.39, 0.29) is 12.4 Å². The molecule has 0 aromatic heterocycles. The zero-order valence-electron chi connectivity index (χ0n) is 14.9. The van der Waals surface area contributed by atoms with Crippen LogP contribution in [0.1, 0.15) is 31.4 Å². The maximum absolute atomic E-state index is 13.7. The van der Waals surface area contributed by atoms with E-state index in [1.807, 2.05) is 12.1 Å². The Bertz CT molecular complexity index is 691. The third-order valence-corrected chi connectivity index (χ3v) is 4.44. The second-order valence-electron chi connectivity index (χ2n) is 6.35. The van der Waals surface area contributed by atoms with Crippen molar-refractivity contribution in [2.24, 2.45) is 5.92 Å². The van der Waals surface area contributed by atoms with Gasteiger partial charge in [-0.05, 0) is 58.6 Å². The van der Waals surface area contributed by atoms with Crippen LogP contribution >= 0.6 is 15.9 Å². The van der Waals surface area contributed by atoms with Crippen LogP contribution < -0.4 is 14.8 Å². The minimum atomic E-state index is -0.274. The average molecular weight is 410 g/mol. The Hall–Kier alpha value is -1.59. The Labute approximate surface area is 157 Å². The van der Waals surface area contributed by atoms with Crippen LogP contribution in [0.15, 0.2) is 40.9 Å². The summed E-state index contributed by atoms with van der Waals surface area (Å²) >= 11 is 3.54. The van der Waals surface area contributed by atoms with Gasteiger partial charge in [-0.2, -0.15) is 0 Å². The molecule has 0 heterocycles. The van der Waals surface area contributed by atoms with Gasteiger partial charge in [-0.1, -0.05) is 32.0 Å². The van der Waals surface area contributed by atoms with E-state index in [1.165, 1.54) is 6.07 Å². The van der Waals surface area contributed by atoms with Gasteiger partial charge in [-0.15, -0.1) is 0 Å². The Morgan fingerprint density at radius 3 is 2.64 bits per heavy atom. The first-order valence-corrected chi connectivity index (χ1v) is 9.24. The molecule has 2 aromatic rings. The van der Waals surface area contributed by atoms with Crippen molar-refractivity contribution < 1.29 is 13.9 Å². The molecule has 25 heavy (non-hydrogen) atoms. The zero-order chi connectivity index (χ0) is 18.2. The highest BCUT2D eigenvalue weighted by atomic mass is 79.9. The van der Waals surface area contributed by atoms with Gasteiger partial charge < -0.3 is 14.8 Å². The minimum absolute atomic E-state index is 0.146. The Kier molecular flexibility index (Phi) is 7.72. The Morgan fingerprint density at radius 2 is 1.96 bits per heavy atom. The largest absolute Gasteiger partial charge is 0.493 e. The lowest BCUT2D eigenvalue weighted by Gasteiger charge is -2.15. The molecule has 1 N–H and O–H groups in total. The highest BCUT2D eigenvalue weighted by Gasteiger charge is 2.13. The predicted octanol–water partition coefficient (Wildman–Crippen LogP) is 5.31. The van der Waals surface area contributed by atoms with E-state index in [1.54, 1.807) is 25.3 Å². The summed E-state index contributed by atoms with van der Waals surface area (Å²) in [6, 6.07) is 10.5. The molecule has 0 radical (unpaired) electrons. The Morgan fingerprint density at radius 1 is 1.20 bits per heavy atom. The van der Waals surface area contributed by atoms with E-state index < -0.39 is 0 Å². The van der Waals surface area contributed by atoms with Gasteiger partial charge in [0, 0.05) is 12.1 Å². The lowest BCUT2D eigenvalue weighted by molar-refractivity contribution is 0.277. The van der Waals surface area contributed by atoms with Crippen molar-refractivity contribution in [3.63, 3.8) is 0 Å². The molecule has 2 rings (SSSR count). The van der Waals surface area contributed by atoms with E-state index in [9.17, 15) is 4.39 Å². The number of nitrogens with one attached hydrogen (secondary N) is 1. The topological polar surface area (TPSA) is 30.5 Å². The lowest BCUT2D eigenvalue weighted by Crippen LogP contribution is -2.16. The summed E-state index contributed by atoms with van der Waals surface area (Å²) in [6.45, 7) is 6.30. The SMILES string of the molecule is COc1cc(CNCCC(C)C)cc(Br)c1OCc1ccccc1F. The van der Waals surface area contributed by atoms with Gasteiger partial charge in [-0.3, -0.25) is 0 Å². The number of hydrogen-bond acceptors (Lipinski definition) is 3. The van der Waals surface area contributed by atoms with Gasteiger partial charge in [0.05, 0.1) is 11.6 Å². The van der Waals surface area contributed by atoms with E-state index in [4.69, 9.17) is 9.47 Å². The first-order valence-electron chi connectivity index (χ1n) is 8.44. The molecule has 0 saturated carbocycles. The van der Waals surface area contributed by atoms with E-state index in [0.717, 1.165) is 29.5 Å². The number of rotatable bonds is 9. The lowest BCUT2D eigenvalue weighted by atomic mass is 10.1. The number of ether oxygens (including phenoxy) is 2. The minimum Gasteiger partial charge on any atom is -0.493 e. The van der Waals surface area contributed by atoms with Crippen molar-refractivity contribution in [1.29, 1.82) is 0 Å². The van der Waals surface area contributed by atoms with Crippen molar-refractivity contribution >= 4 is 15.9 Å². The molecular formula is C20H25BrFNO2. The highest BCUT2D eigenvalue weighted by molar-refractivity contribution is 9.10. The highest BCUT2D eigenvalue weighted by Crippen LogP contribution is 2.37. The third kappa shape index (κ3) is 6.01. The molecule has 5 heteroatoms. The van der Waals surface area contributed by atoms with Crippen molar-refractivity contribution in [1.82, 2.24) is 5.32 Å². The van der Waals surface area contributed by atoms with E-state index >= 15 is 0 Å². The zero-order valence-corrected chi connectivity index (χ0v) is 16.5. The summed E-state index contributed by atoms with van der Waals surface area (Å²) in [5.74, 6) is 1.62. The standard InChI is InChI=1S/C20H25BrFNO2/c1-14(2)8-9-23-12-15-10-17(21)20(19(11-15)24-3)25-13-16-6-4-5-7-18(16)22/h4-7,10-11,14,23H,8-9,12-13H2,1-3H3. The molecule has 0 unspecified atom stereocenters. The number of benzene rings is 2. The van der Waals surface area contributed by atoms with Gasteiger partial charge in [0.1, 0.15) is 12.4 Å². The molecular weight excluding hydrogens is 385 g/mol. The number of halogens is 2. The summed E-state index contributed by atoms with van der Waals surface area (Å²) < 4.78 is 25.8. The molecule has 0 amide bonds. The van der Waals surface area contributed by atoms with Crippen molar-refractivity contribution in [2.75, 3.05) is 13.7 Å². The van der Waals surface area contributed by atoms with Crippen LogP contribution in [0.5, 0.6) is 11.5 Å². The molecule has 136 valence electrons. The molecule has 0 aliphatic carbocycles. The smallest absolute Gasteiger partial charge is 0.175 e. The molecule has 2 aromatic carbocycles. The van der Waals surface area contributed by atoms with E-state index in [2.05, 4.69) is 35.1 Å².